The van der Waals surface area contributed by atoms with E-state index in [1.807, 2.05) is 6.92 Å². The van der Waals surface area contributed by atoms with E-state index in [1.165, 1.54) is 4.31 Å². The van der Waals surface area contributed by atoms with Crippen LogP contribution in [0.15, 0.2) is 23.1 Å². The Labute approximate surface area is 105 Å². The predicted octanol–water partition coefficient (Wildman–Crippen LogP) is 0.947. The van der Waals surface area contributed by atoms with Crippen LogP contribution in [0.3, 0.4) is 0 Å². The van der Waals surface area contributed by atoms with Crippen LogP contribution in [0.1, 0.15) is 6.92 Å². The normalized spacial score (nSPS) is 22.1. The molecule has 0 amide bonds. The van der Waals surface area contributed by atoms with Crippen LogP contribution in [0.25, 0.3) is 0 Å². The van der Waals surface area contributed by atoms with E-state index in [1.54, 1.807) is 0 Å². The summed E-state index contributed by atoms with van der Waals surface area (Å²) in [6, 6.07) is 2.50. The van der Waals surface area contributed by atoms with E-state index >= 15 is 0 Å². The van der Waals surface area contributed by atoms with Crippen molar-refractivity contribution in [2.45, 2.75) is 17.9 Å². The molecule has 2 rings (SSSR count). The minimum atomic E-state index is -3.89. The Kier molecular flexibility index (Phi) is 3.65. The van der Waals surface area contributed by atoms with E-state index in [4.69, 9.17) is 0 Å². The molecule has 1 atom stereocenters. The minimum Gasteiger partial charge on any atom is -0.312 e. The fourth-order valence-electron chi connectivity index (χ4n) is 1.94. The van der Waals surface area contributed by atoms with Crippen molar-refractivity contribution in [3.63, 3.8) is 0 Å². The van der Waals surface area contributed by atoms with Crippen LogP contribution < -0.4 is 5.32 Å². The van der Waals surface area contributed by atoms with E-state index in [9.17, 15) is 17.2 Å². The maximum absolute atomic E-state index is 13.5. The van der Waals surface area contributed by atoms with Crippen LogP contribution in [-0.4, -0.2) is 38.4 Å². The van der Waals surface area contributed by atoms with Crippen LogP contribution in [0.2, 0.25) is 0 Å². The molecule has 4 nitrogen and oxygen atoms in total. The molecule has 0 unspecified atom stereocenters. The molecule has 1 aromatic rings. The number of hydrogen-bond acceptors (Lipinski definition) is 3. The first-order valence-corrected chi connectivity index (χ1v) is 7.04. The number of piperazine rings is 1. The fourth-order valence-corrected chi connectivity index (χ4v) is 3.51. The summed E-state index contributed by atoms with van der Waals surface area (Å²) < 4.78 is 51.9. The average Bonchev–Trinajstić information content (AvgIpc) is 2.28. The lowest BCUT2D eigenvalue weighted by Crippen LogP contribution is -2.51. The van der Waals surface area contributed by atoms with Gasteiger partial charge in [0.25, 0.3) is 0 Å². The van der Waals surface area contributed by atoms with Crippen molar-refractivity contribution in [3.8, 4) is 0 Å². The molecule has 0 bridgehead atoms. The zero-order valence-corrected chi connectivity index (χ0v) is 10.7. The third-order valence-electron chi connectivity index (χ3n) is 2.84. The van der Waals surface area contributed by atoms with Crippen molar-refractivity contribution in [2.24, 2.45) is 0 Å². The summed E-state index contributed by atoms with van der Waals surface area (Å²) in [6.07, 6.45) is 0. The predicted molar refractivity (Wildman–Crippen MR) is 62.6 cm³/mol. The van der Waals surface area contributed by atoms with Crippen molar-refractivity contribution in [2.75, 3.05) is 19.6 Å². The Bertz CT molecular complexity index is 548. The molecule has 100 valence electrons. The molecule has 0 aromatic heterocycles. The van der Waals surface area contributed by atoms with Gasteiger partial charge in [-0.1, -0.05) is 0 Å². The summed E-state index contributed by atoms with van der Waals surface area (Å²) in [6.45, 7) is 2.93. The van der Waals surface area contributed by atoms with Crippen LogP contribution >= 0.6 is 0 Å². The van der Waals surface area contributed by atoms with E-state index in [0.717, 1.165) is 12.1 Å². The molecular weight excluding hydrogens is 262 g/mol. The maximum Gasteiger partial charge on any atom is 0.246 e. The maximum atomic E-state index is 13.5. The first kappa shape index (κ1) is 13.4. The SMILES string of the molecule is C[C@H]1CN(S(=O)(=O)c2ccc(F)cc2F)CCN1. The molecule has 1 aliphatic rings. The van der Waals surface area contributed by atoms with Crippen molar-refractivity contribution in [1.82, 2.24) is 9.62 Å². The molecule has 0 aliphatic carbocycles. The molecule has 1 aromatic carbocycles. The van der Waals surface area contributed by atoms with E-state index in [-0.39, 0.29) is 19.1 Å². The second-order valence-electron chi connectivity index (χ2n) is 4.29. The summed E-state index contributed by atoms with van der Waals surface area (Å²) in [7, 11) is -3.89. The summed E-state index contributed by atoms with van der Waals surface area (Å²) in [5.74, 6) is -1.85. The van der Waals surface area contributed by atoms with Gasteiger partial charge >= 0.3 is 0 Å². The largest absolute Gasteiger partial charge is 0.312 e. The zero-order chi connectivity index (χ0) is 13.3. The van der Waals surface area contributed by atoms with Gasteiger partial charge in [-0.15, -0.1) is 0 Å². The Balaban J connectivity index is 2.35. The molecule has 0 saturated carbocycles. The van der Waals surface area contributed by atoms with Crippen molar-refractivity contribution in [3.05, 3.63) is 29.8 Å². The van der Waals surface area contributed by atoms with Crippen molar-refractivity contribution < 1.29 is 17.2 Å². The quantitative estimate of drug-likeness (QED) is 0.875. The van der Waals surface area contributed by atoms with Crippen molar-refractivity contribution in [1.29, 1.82) is 0 Å². The second-order valence-corrected chi connectivity index (χ2v) is 6.20. The lowest BCUT2D eigenvalue weighted by Gasteiger charge is -2.31. The average molecular weight is 276 g/mol. The van der Waals surface area contributed by atoms with E-state index in [2.05, 4.69) is 5.32 Å². The van der Waals surface area contributed by atoms with Crippen LogP contribution in [0, 0.1) is 11.6 Å². The van der Waals surface area contributed by atoms with E-state index < -0.39 is 26.6 Å². The summed E-state index contributed by atoms with van der Waals surface area (Å²) in [5, 5.41) is 3.10. The molecule has 1 fully saturated rings. The molecule has 18 heavy (non-hydrogen) atoms. The van der Waals surface area contributed by atoms with Gasteiger partial charge < -0.3 is 5.32 Å². The monoisotopic (exact) mass is 276 g/mol. The number of benzene rings is 1. The highest BCUT2D eigenvalue weighted by atomic mass is 32.2. The Morgan fingerprint density at radius 3 is 2.72 bits per heavy atom. The number of sulfonamides is 1. The summed E-state index contributed by atoms with van der Waals surface area (Å²) in [4.78, 5) is -0.474. The number of hydrogen-bond donors (Lipinski definition) is 1. The van der Waals surface area contributed by atoms with Gasteiger partial charge in [0.2, 0.25) is 10.0 Å². The third kappa shape index (κ3) is 2.52. The Morgan fingerprint density at radius 1 is 1.39 bits per heavy atom. The molecule has 1 aliphatic heterocycles. The zero-order valence-electron chi connectivity index (χ0n) is 9.86. The Morgan fingerprint density at radius 2 is 2.11 bits per heavy atom. The molecule has 1 heterocycles. The number of rotatable bonds is 2. The van der Waals surface area contributed by atoms with Gasteiger partial charge in [-0.3, -0.25) is 0 Å². The standard InChI is InChI=1S/C11H14F2N2O2S/c1-8-7-15(5-4-14-8)18(16,17)11-3-2-9(12)6-10(11)13/h2-3,6,8,14H,4-5,7H2,1H3/t8-/m0/s1. The molecule has 1 N–H and O–H groups in total. The highest BCUT2D eigenvalue weighted by molar-refractivity contribution is 7.89. The third-order valence-corrected chi connectivity index (χ3v) is 4.74. The lowest BCUT2D eigenvalue weighted by molar-refractivity contribution is 0.309. The topological polar surface area (TPSA) is 49.4 Å². The molecule has 0 spiro atoms. The van der Waals surface area contributed by atoms with Gasteiger partial charge in [0.05, 0.1) is 0 Å². The molecule has 7 heteroatoms. The molecular formula is C11H14F2N2O2S. The fraction of sp³-hybridized carbons (Fsp3) is 0.455. The second kappa shape index (κ2) is 4.91. The van der Waals surface area contributed by atoms with Gasteiger partial charge in [0.1, 0.15) is 16.5 Å². The van der Waals surface area contributed by atoms with Gasteiger partial charge in [-0.2, -0.15) is 4.31 Å². The van der Waals surface area contributed by atoms with Gasteiger partial charge in [-0.25, -0.2) is 17.2 Å². The number of halogens is 2. The first-order valence-electron chi connectivity index (χ1n) is 5.60. The first-order chi connectivity index (χ1) is 8.41. The smallest absolute Gasteiger partial charge is 0.246 e. The van der Waals surface area contributed by atoms with Crippen LogP contribution in [-0.2, 0) is 10.0 Å². The highest BCUT2D eigenvalue weighted by Gasteiger charge is 2.30. The van der Waals surface area contributed by atoms with Gasteiger partial charge in [0, 0.05) is 31.7 Å². The summed E-state index contributed by atoms with van der Waals surface area (Å²) >= 11 is 0. The summed E-state index contributed by atoms with van der Waals surface area (Å²) in [5.41, 5.74) is 0. The van der Waals surface area contributed by atoms with Gasteiger partial charge in [0.15, 0.2) is 0 Å². The van der Waals surface area contributed by atoms with Gasteiger partial charge in [-0.05, 0) is 19.1 Å². The number of nitrogens with one attached hydrogen (secondary N) is 1. The highest BCUT2D eigenvalue weighted by Crippen LogP contribution is 2.21. The minimum absolute atomic E-state index is 0.0111. The molecule has 0 radical (unpaired) electrons. The molecule has 1 saturated heterocycles. The van der Waals surface area contributed by atoms with Crippen molar-refractivity contribution >= 4 is 10.0 Å². The van der Waals surface area contributed by atoms with E-state index in [0.29, 0.717) is 12.6 Å². The van der Waals surface area contributed by atoms with Crippen LogP contribution in [0.5, 0.6) is 0 Å². The Hall–Kier alpha value is -1.05. The lowest BCUT2D eigenvalue weighted by atomic mass is 10.3. The van der Waals surface area contributed by atoms with Crippen LogP contribution in [0.4, 0.5) is 8.78 Å². The number of nitrogens with zero attached hydrogens (tertiary/aromatic N) is 1.